The van der Waals surface area contributed by atoms with E-state index in [9.17, 15) is 4.79 Å². The Morgan fingerprint density at radius 3 is 2.84 bits per heavy atom. The van der Waals surface area contributed by atoms with Crippen LogP contribution in [0.1, 0.15) is 37.3 Å². The first kappa shape index (κ1) is 23.2. The summed E-state index contributed by atoms with van der Waals surface area (Å²) in [6.45, 7) is 5.65. The number of aryl methyl sites for hydroxylation is 1. The van der Waals surface area contributed by atoms with Crippen molar-refractivity contribution in [1.29, 1.82) is 0 Å². The van der Waals surface area contributed by atoms with Crippen molar-refractivity contribution in [1.82, 2.24) is 35.3 Å². The van der Waals surface area contributed by atoms with E-state index in [0.717, 1.165) is 50.4 Å². The molecule has 4 aromatic heterocycles. The second-order valence-electron chi connectivity index (χ2n) is 9.00. The topological polar surface area (TPSA) is 154 Å². The lowest BCUT2D eigenvalue weighted by Gasteiger charge is -2.30. The molecule has 192 valence electrons. The number of rotatable bonds is 7. The van der Waals surface area contributed by atoms with Gasteiger partial charge in [0.05, 0.1) is 19.3 Å². The fourth-order valence-corrected chi connectivity index (χ4v) is 4.70. The number of H-pyrrole nitrogens is 2. The zero-order valence-electron chi connectivity index (χ0n) is 20.5. The van der Waals surface area contributed by atoms with Crippen LogP contribution in [0, 0.1) is 0 Å². The van der Waals surface area contributed by atoms with Gasteiger partial charge in [-0.05, 0) is 19.3 Å². The van der Waals surface area contributed by atoms with Crippen LogP contribution < -0.4 is 20.7 Å². The summed E-state index contributed by atoms with van der Waals surface area (Å²) >= 11 is 0. The highest BCUT2D eigenvalue weighted by atomic mass is 16.5. The van der Waals surface area contributed by atoms with Gasteiger partial charge in [0, 0.05) is 55.9 Å². The lowest BCUT2D eigenvalue weighted by atomic mass is 10.1. The maximum absolute atomic E-state index is 12.2. The monoisotopic (exact) mass is 504 g/mol. The number of nitrogens with zero attached hydrogens (tertiary/aromatic N) is 7. The zero-order chi connectivity index (χ0) is 25.2. The summed E-state index contributed by atoms with van der Waals surface area (Å²) in [4.78, 5) is 33.1. The van der Waals surface area contributed by atoms with E-state index >= 15 is 0 Å². The highest BCUT2D eigenvalue weighted by molar-refractivity contribution is 5.61. The summed E-state index contributed by atoms with van der Waals surface area (Å²) in [5.74, 6) is 3.42. The first-order valence-corrected chi connectivity index (χ1v) is 12.5. The van der Waals surface area contributed by atoms with Crippen LogP contribution in [0.3, 0.4) is 0 Å². The summed E-state index contributed by atoms with van der Waals surface area (Å²) in [7, 11) is 0. The maximum Gasteiger partial charge on any atom is 0.276 e. The van der Waals surface area contributed by atoms with E-state index in [4.69, 9.17) is 19.2 Å². The summed E-state index contributed by atoms with van der Waals surface area (Å²) in [5.41, 5.74) is 1.36. The Morgan fingerprint density at radius 1 is 1.14 bits per heavy atom. The number of anilines is 4. The number of hydrogen-bond acceptors (Lipinski definition) is 11. The number of morpholine rings is 1. The number of aromatic nitrogens is 7. The number of nitrogens with one attached hydrogen (secondary N) is 3. The molecule has 13 heteroatoms. The van der Waals surface area contributed by atoms with Gasteiger partial charge in [0.15, 0.2) is 17.3 Å². The van der Waals surface area contributed by atoms with Gasteiger partial charge in [0.2, 0.25) is 5.95 Å². The van der Waals surface area contributed by atoms with Crippen molar-refractivity contribution in [2.75, 3.05) is 48.0 Å². The second-order valence-corrected chi connectivity index (χ2v) is 9.00. The van der Waals surface area contributed by atoms with Crippen LogP contribution in [0.2, 0.25) is 0 Å². The van der Waals surface area contributed by atoms with Crippen LogP contribution >= 0.6 is 0 Å². The van der Waals surface area contributed by atoms with E-state index in [-0.39, 0.29) is 17.3 Å². The van der Waals surface area contributed by atoms with Gasteiger partial charge in [-0.2, -0.15) is 15.1 Å². The van der Waals surface area contributed by atoms with E-state index in [1.54, 1.807) is 6.07 Å². The average molecular weight is 505 g/mol. The van der Waals surface area contributed by atoms with Crippen LogP contribution in [0.4, 0.5) is 23.4 Å². The van der Waals surface area contributed by atoms with Gasteiger partial charge in [-0.25, -0.2) is 4.98 Å². The molecule has 37 heavy (non-hydrogen) atoms. The molecule has 6 rings (SSSR count). The Morgan fingerprint density at radius 2 is 2.03 bits per heavy atom. The predicted molar refractivity (Wildman–Crippen MR) is 136 cm³/mol. The van der Waals surface area contributed by atoms with Crippen molar-refractivity contribution < 1.29 is 9.26 Å². The molecule has 2 aliphatic heterocycles. The molecule has 2 fully saturated rings. The zero-order valence-corrected chi connectivity index (χ0v) is 20.5. The molecule has 3 N–H and O–H groups in total. The number of hydrogen-bond donors (Lipinski definition) is 3. The fourth-order valence-electron chi connectivity index (χ4n) is 4.70. The Kier molecular flexibility index (Phi) is 6.26. The Labute approximate surface area is 212 Å². The van der Waals surface area contributed by atoms with Gasteiger partial charge in [0.25, 0.3) is 5.56 Å². The molecular weight excluding hydrogens is 476 g/mol. The molecule has 0 aliphatic carbocycles. The molecule has 0 aromatic carbocycles. The Bertz CT molecular complexity index is 1420. The van der Waals surface area contributed by atoms with Crippen LogP contribution in [0.15, 0.2) is 39.9 Å². The number of aromatic amines is 2. The molecule has 0 radical (unpaired) electrons. The molecule has 4 aromatic rings. The molecule has 1 unspecified atom stereocenters. The lowest BCUT2D eigenvalue weighted by Crippen LogP contribution is -2.37. The molecule has 2 saturated heterocycles. The molecule has 0 saturated carbocycles. The summed E-state index contributed by atoms with van der Waals surface area (Å²) in [6, 6.07) is 5.58. The lowest BCUT2D eigenvalue weighted by molar-refractivity contribution is 0.122. The van der Waals surface area contributed by atoms with Crippen molar-refractivity contribution in [3.8, 4) is 11.4 Å². The Hall–Kier alpha value is -4.26. The van der Waals surface area contributed by atoms with Gasteiger partial charge in [-0.15, -0.1) is 0 Å². The second kappa shape index (κ2) is 10.0. The highest BCUT2D eigenvalue weighted by Crippen LogP contribution is 2.37. The third-order valence-corrected chi connectivity index (χ3v) is 6.62. The van der Waals surface area contributed by atoms with E-state index in [1.165, 1.54) is 12.4 Å². The van der Waals surface area contributed by atoms with E-state index in [0.29, 0.717) is 42.3 Å². The molecule has 13 nitrogen and oxygen atoms in total. The van der Waals surface area contributed by atoms with E-state index < -0.39 is 0 Å². The van der Waals surface area contributed by atoms with Gasteiger partial charge in [-0.1, -0.05) is 12.1 Å². The average Bonchev–Trinajstić information content (AvgIpc) is 3.70. The first-order chi connectivity index (χ1) is 18.2. The highest BCUT2D eigenvalue weighted by Gasteiger charge is 2.32. The molecule has 0 spiro atoms. The van der Waals surface area contributed by atoms with Crippen LogP contribution in [-0.4, -0.2) is 68.1 Å². The van der Waals surface area contributed by atoms with Gasteiger partial charge in [-0.3, -0.25) is 9.89 Å². The minimum absolute atomic E-state index is 0.117. The van der Waals surface area contributed by atoms with Gasteiger partial charge >= 0.3 is 0 Å². The van der Waals surface area contributed by atoms with Crippen LogP contribution in [-0.2, 0) is 11.2 Å². The quantitative estimate of drug-likeness (QED) is 0.340. The fraction of sp³-hybridized carbons (Fsp3) is 0.417. The van der Waals surface area contributed by atoms with Crippen molar-refractivity contribution in [3.05, 3.63) is 52.4 Å². The first-order valence-electron chi connectivity index (χ1n) is 12.5. The third kappa shape index (κ3) is 4.77. The van der Waals surface area contributed by atoms with Gasteiger partial charge < -0.3 is 29.4 Å². The van der Waals surface area contributed by atoms with Crippen LogP contribution in [0.5, 0.6) is 0 Å². The van der Waals surface area contributed by atoms with Crippen molar-refractivity contribution in [2.45, 2.75) is 32.2 Å². The smallest absolute Gasteiger partial charge is 0.276 e. The minimum Gasteiger partial charge on any atom is -0.378 e. The Balaban J connectivity index is 1.33. The maximum atomic E-state index is 12.2. The van der Waals surface area contributed by atoms with Crippen molar-refractivity contribution >= 4 is 23.4 Å². The predicted octanol–water partition coefficient (Wildman–Crippen LogP) is 2.42. The van der Waals surface area contributed by atoms with Crippen LogP contribution in [0.25, 0.3) is 11.4 Å². The SMILES string of the molecule is CCc1cc(Nc2cc(N3CCOCC3)nc(N3CCCC3c3cc(-c4ncc[nH]c4=O)no3)n2)n[nH]1. The van der Waals surface area contributed by atoms with E-state index in [1.807, 2.05) is 12.1 Å². The summed E-state index contributed by atoms with van der Waals surface area (Å²) < 4.78 is 11.2. The molecule has 0 amide bonds. The van der Waals surface area contributed by atoms with Crippen molar-refractivity contribution in [3.63, 3.8) is 0 Å². The summed E-state index contributed by atoms with van der Waals surface area (Å²) in [5, 5.41) is 14.8. The largest absolute Gasteiger partial charge is 0.378 e. The summed E-state index contributed by atoms with van der Waals surface area (Å²) in [6.07, 6.45) is 5.66. The third-order valence-electron chi connectivity index (χ3n) is 6.62. The molecule has 2 aliphatic rings. The van der Waals surface area contributed by atoms with Gasteiger partial charge in [0.1, 0.15) is 17.3 Å². The standard InChI is InChI=1S/C24H28N10O3/c1-2-15-12-20(31-30-15)27-19-14-21(33-8-10-36-11-9-33)29-24(28-19)34-7-3-4-17(34)18-13-16(32-37-18)22-23(35)26-6-5-25-22/h5-6,12-14,17H,2-4,7-11H2,1H3,(H,26,35)(H2,27,28,29,30,31). The minimum atomic E-state index is -0.313. The molecule has 1 atom stereocenters. The molecule has 0 bridgehead atoms. The molecular formula is C24H28N10O3. The van der Waals surface area contributed by atoms with Crippen molar-refractivity contribution in [2.24, 2.45) is 0 Å². The molecule has 6 heterocycles. The normalized spacial score (nSPS) is 17.9. The number of ether oxygens (including phenoxy) is 1. The van der Waals surface area contributed by atoms with E-state index in [2.05, 4.69) is 47.4 Å².